The third-order valence-corrected chi connectivity index (χ3v) is 5.03. The fraction of sp³-hybridized carbons (Fsp3) is 0.333. The molecule has 0 bridgehead atoms. The molecule has 0 saturated carbocycles. The molecule has 4 rings (SSSR count). The Labute approximate surface area is 160 Å². The van der Waals surface area contributed by atoms with Crippen LogP contribution in [0.15, 0.2) is 48.5 Å². The lowest BCUT2D eigenvalue weighted by Crippen LogP contribution is -2.45. The van der Waals surface area contributed by atoms with Crippen molar-refractivity contribution >= 4 is 34.0 Å². The molecule has 1 N–H and O–H groups in total. The smallest absolute Gasteiger partial charge is 0.229 e. The highest BCUT2D eigenvalue weighted by Crippen LogP contribution is 2.27. The number of hydrogen-bond donors (Lipinski definition) is 1. The number of rotatable bonds is 4. The fourth-order valence-electron chi connectivity index (χ4n) is 3.35. The quantitative estimate of drug-likeness (QED) is 0.769. The van der Waals surface area contributed by atoms with Crippen LogP contribution in [0.1, 0.15) is 0 Å². The zero-order chi connectivity index (χ0) is 18.8. The molecule has 0 aliphatic carbocycles. The normalized spacial score (nSPS) is 15.1. The summed E-state index contributed by atoms with van der Waals surface area (Å²) < 4.78 is 0. The van der Waals surface area contributed by atoms with Gasteiger partial charge in [0.1, 0.15) is 5.82 Å². The van der Waals surface area contributed by atoms with Gasteiger partial charge in [-0.3, -0.25) is 0 Å². The van der Waals surface area contributed by atoms with E-state index in [1.165, 1.54) is 0 Å². The van der Waals surface area contributed by atoms with Crippen LogP contribution in [0.25, 0.3) is 10.9 Å². The second-order valence-corrected chi connectivity index (χ2v) is 7.24. The van der Waals surface area contributed by atoms with Gasteiger partial charge in [-0.05, 0) is 43.4 Å². The van der Waals surface area contributed by atoms with Gasteiger partial charge in [0.2, 0.25) is 5.95 Å². The summed E-state index contributed by atoms with van der Waals surface area (Å²) in [5.41, 5.74) is 3.12. The minimum Gasteiger partial charge on any atom is -0.378 e. The van der Waals surface area contributed by atoms with Gasteiger partial charge in [0.05, 0.1) is 5.52 Å². The van der Waals surface area contributed by atoms with Gasteiger partial charge in [-0.25, -0.2) is 4.98 Å². The Kier molecular flexibility index (Phi) is 4.81. The number of fused-ring (bicyclic) bond motifs is 1. The molecule has 2 heterocycles. The zero-order valence-electron chi connectivity index (χ0n) is 16.2. The predicted molar refractivity (Wildman–Crippen MR) is 113 cm³/mol. The maximum atomic E-state index is 4.88. The van der Waals surface area contributed by atoms with Crippen molar-refractivity contribution in [2.75, 3.05) is 62.4 Å². The van der Waals surface area contributed by atoms with Crippen molar-refractivity contribution in [1.82, 2.24) is 14.9 Å². The molecule has 0 radical (unpaired) electrons. The van der Waals surface area contributed by atoms with Gasteiger partial charge >= 0.3 is 0 Å². The van der Waals surface area contributed by atoms with Crippen molar-refractivity contribution in [2.45, 2.75) is 0 Å². The molecule has 3 aromatic rings. The van der Waals surface area contributed by atoms with E-state index in [9.17, 15) is 0 Å². The van der Waals surface area contributed by atoms with Crippen LogP contribution >= 0.6 is 0 Å². The number of likely N-dealkylation sites (N-methyl/N-ethyl adjacent to an activating group) is 1. The van der Waals surface area contributed by atoms with Crippen molar-refractivity contribution in [3.63, 3.8) is 0 Å². The van der Waals surface area contributed by atoms with E-state index >= 15 is 0 Å². The van der Waals surface area contributed by atoms with Crippen LogP contribution in [0.5, 0.6) is 0 Å². The van der Waals surface area contributed by atoms with Crippen LogP contribution < -0.4 is 15.1 Å². The summed E-state index contributed by atoms with van der Waals surface area (Å²) in [5.74, 6) is 1.65. The molecule has 1 fully saturated rings. The molecule has 1 aromatic heterocycles. The minimum absolute atomic E-state index is 0.639. The summed E-state index contributed by atoms with van der Waals surface area (Å²) in [6, 6.07) is 16.5. The van der Waals surface area contributed by atoms with E-state index in [4.69, 9.17) is 9.97 Å². The zero-order valence-corrected chi connectivity index (χ0v) is 16.2. The lowest BCUT2D eigenvalue weighted by Gasteiger charge is -2.33. The molecule has 0 unspecified atom stereocenters. The third-order valence-electron chi connectivity index (χ3n) is 5.03. The minimum atomic E-state index is 0.639. The number of para-hydroxylation sites is 1. The molecular formula is C21H26N6. The van der Waals surface area contributed by atoms with E-state index in [1.54, 1.807) is 0 Å². The average Bonchev–Trinajstić information content (AvgIpc) is 2.68. The molecule has 1 saturated heterocycles. The van der Waals surface area contributed by atoms with Crippen molar-refractivity contribution in [3.05, 3.63) is 48.5 Å². The van der Waals surface area contributed by atoms with Crippen LogP contribution in [0.2, 0.25) is 0 Å². The van der Waals surface area contributed by atoms with Gasteiger partial charge in [0, 0.05) is 57.0 Å². The largest absolute Gasteiger partial charge is 0.378 e. The second-order valence-electron chi connectivity index (χ2n) is 7.24. The van der Waals surface area contributed by atoms with Gasteiger partial charge in [0.25, 0.3) is 0 Å². The van der Waals surface area contributed by atoms with Crippen molar-refractivity contribution in [2.24, 2.45) is 0 Å². The SMILES string of the molecule is CN1CCN(c2nc(Nc3ccc(N(C)C)cc3)nc3ccccc23)CC1. The van der Waals surface area contributed by atoms with Gasteiger partial charge in [-0.1, -0.05) is 12.1 Å². The third kappa shape index (κ3) is 3.80. The van der Waals surface area contributed by atoms with Crippen LogP contribution in [-0.4, -0.2) is 62.2 Å². The van der Waals surface area contributed by atoms with Gasteiger partial charge in [-0.2, -0.15) is 4.98 Å². The number of benzene rings is 2. The molecule has 0 spiro atoms. The van der Waals surface area contributed by atoms with Crippen LogP contribution in [0.3, 0.4) is 0 Å². The first-order chi connectivity index (χ1) is 13.1. The Morgan fingerprint density at radius 3 is 2.30 bits per heavy atom. The van der Waals surface area contributed by atoms with Crippen LogP contribution in [0.4, 0.5) is 23.1 Å². The molecular weight excluding hydrogens is 336 g/mol. The maximum absolute atomic E-state index is 4.88. The van der Waals surface area contributed by atoms with E-state index < -0.39 is 0 Å². The topological polar surface area (TPSA) is 47.5 Å². The lowest BCUT2D eigenvalue weighted by atomic mass is 10.2. The number of hydrogen-bond acceptors (Lipinski definition) is 6. The molecule has 27 heavy (non-hydrogen) atoms. The highest BCUT2D eigenvalue weighted by atomic mass is 15.3. The molecule has 1 aliphatic rings. The Morgan fingerprint density at radius 1 is 0.889 bits per heavy atom. The van der Waals surface area contributed by atoms with Crippen molar-refractivity contribution < 1.29 is 0 Å². The van der Waals surface area contributed by atoms with E-state index in [2.05, 4.69) is 69.5 Å². The number of piperazine rings is 1. The maximum Gasteiger partial charge on any atom is 0.229 e. The Balaban J connectivity index is 1.67. The fourth-order valence-corrected chi connectivity index (χ4v) is 3.35. The monoisotopic (exact) mass is 362 g/mol. The molecule has 6 heteroatoms. The first-order valence-electron chi connectivity index (χ1n) is 9.35. The average molecular weight is 362 g/mol. The Hall–Kier alpha value is -2.86. The number of nitrogens with one attached hydrogen (secondary N) is 1. The highest BCUT2D eigenvalue weighted by Gasteiger charge is 2.19. The summed E-state index contributed by atoms with van der Waals surface area (Å²) in [4.78, 5) is 16.4. The number of nitrogens with zero attached hydrogens (tertiary/aromatic N) is 5. The second kappa shape index (κ2) is 7.40. The molecule has 0 amide bonds. The van der Waals surface area contributed by atoms with Gasteiger partial charge in [0.15, 0.2) is 0 Å². The van der Waals surface area contributed by atoms with E-state index in [0.717, 1.165) is 54.3 Å². The number of aromatic nitrogens is 2. The van der Waals surface area contributed by atoms with Gasteiger partial charge in [-0.15, -0.1) is 0 Å². The molecule has 2 aromatic carbocycles. The summed E-state index contributed by atoms with van der Waals surface area (Å²) >= 11 is 0. The molecule has 6 nitrogen and oxygen atoms in total. The lowest BCUT2D eigenvalue weighted by molar-refractivity contribution is 0.312. The van der Waals surface area contributed by atoms with E-state index in [1.807, 2.05) is 20.2 Å². The predicted octanol–water partition coefficient (Wildman–Crippen LogP) is 3.19. The summed E-state index contributed by atoms with van der Waals surface area (Å²) in [6.07, 6.45) is 0. The Morgan fingerprint density at radius 2 is 1.59 bits per heavy atom. The van der Waals surface area contributed by atoms with E-state index in [-0.39, 0.29) is 0 Å². The standard InChI is InChI=1S/C21H26N6/c1-25(2)17-10-8-16(9-11-17)22-21-23-19-7-5-4-6-18(19)20(24-21)27-14-12-26(3)13-15-27/h4-11H,12-15H2,1-3H3,(H,22,23,24). The summed E-state index contributed by atoms with van der Waals surface area (Å²) in [7, 11) is 6.24. The highest BCUT2D eigenvalue weighted by molar-refractivity contribution is 5.90. The van der Waals surface area contributed by atoms with Gasteiger partial charge < -0.3 is 20.0 Å². The van der Waals surface area contributed by atoms with Crippen LogP contribution in [-0.2, 0) is 0 Å². The van der Waals surface area contributed by atoms with Crippen molar-refractivity contribution in [3.8, 4) is 0 Å². The van der Waals surface area contributed by atoms with E-state index in [0.29, 0.717) is 5.95 Å². The van der Waals surface area contributed by atoms with Crippen molar-refractivity contribution in [1.29, 1.82) is 0 Å². The first-order valence-corrected chi connectivity index (χ1v) is 9.35. The Bertz CT molecular complexity index is 914. The summed E-state index contributed by atoms with van der Waals surface area (Å²) in [6.45, 7) is 4.06. The van der Waals surface area contributed by atoms with Crippen LogP contribution in [0, 0.1) is 0 Å². The number of anilines is 4. The molecule has 0 atom stereocenters. The molecule has 1 aliphatic heterocycles. The molecule has 140 valence electrons. The summed E-state index contributed by atoms with van der Waals surface area (Å²) in [5, 5.41) is 4.48. The first kappa shape index (κ1) is 17.5.